The summed E-state index contributed by atoms with van der Waals surface area (Å²) in [4.78, 5) is 0. The molecule has 0 N–H and O–H groups in total. The van der Waals surface area contributed by atoms with E-state index in [0.29, 0.717) is 0 Å². The van der Waals surface area contributed by atoms with Gasteiger partial charge in [0, 0.05) is 0 Å². The lowest BCUT2D eigenvalue weighted by molar-refractivity contribution is 0.407. The molecule has 0 bridgehead atoms. The Bertz CT molecular complexity index is 46.0. The Hall–Kier alpha value is 0. The first kappa shape index (κ1) is 12.7. The van der Waals surface area contributed by atoms with E-state index in [1.807, 2.05) is 0 Å². The normalized spacial score (nSPS) is 12.3. The van der Waals surface area contributed by atoms with Gasteiger partial charge in [0.25, 0.3) is 0 Å². The molecule has 0 heteroatoms. The molecule has 0 rings (SSSR count). The lowest BCUT2D eigenvalue weighted by atomic mass is 9.96. The molecule has 0 aromatic heterocycles. The van der Waals surface area contributed by atoms with Gasteiger partial charge in [-0.1, -0.05) is 54.4 Å². The second-order valence-electron chi connectivity index (χ2n) is 3.34. The van der Waals surface area contributed by atoms with Crippen molar-refractivity contribution in [1.82, 2.24) is 0 Å². The minimum Gasteiger partial charge on any atom is -0.0656 e. The van der Waals surface area contributed by atoms with Crippen molar-refractivity contribution in [2.24, 2.45) is 11.8 Å². The molecule has 0 radical (unpaired) electrons. The van der Waals surface area contributed by atoms with E-state index in [2.05, 4.69) is 41.5 Å². The number of hydrogen-bond acceptors (Lipinski definition) is 0. The molecule has 0 saturated carbocycles. The van der Waals surface area contributed by atoms with Gasteiger partial charge >= 0.3 is 0 Å². The van der Waals surface area contributed by atoms with Crippen LogP contribution in [0.4, 0.5) is 0 Å². The number of hydrogen-bond donors (Lipinski definition) is 0. The zero-order valence-corrected chi connectivity index (χ0v) is 8.57. The first-order valence-corrected chi connectivity index (χ1v) is 4.59. The van der Waals surface area contributed by atoms with Gasteiger partial charge in [-0.05, 0) is 11.8 Å². The van der Waals surface area contributed by atoms with Crippen molar-refractivity contribution >= 4 is 0 Å². The first-order chi connectivity index (χ1) is 4.59. The minimum absolute atomic E-state index is 0.866. The average Bonchev–Trinajstić information content (AvgIpc) is 1.88. The van der Waals surface area contributed by atoms with Crippen LogP contribution >= 0.6 is 0 Å². The van der Waals surface area contributed by atoms with Crippen molar-refractivity contribution in [3.05, 3.63) is 0 Å². The summed E-state index contributed by atoms with van der Waals surface area (Å²) >= 11 is 0. The van der Waals surface area contributed by atoms with Crippen molar-refractivity contribution in [3.63, 3.8) is 0 Å². The minimum atomic E-state index is 0.866. The van der Waals surface area contributed by atoms with Gasteiger partial charge in [0.2, 0.25) is 0 Å². The SMILES string of the molecule is CCC.CCC(C)C(C)C. The summed E-state index contributed by atoms with van der Waals surface area (Å²) < 4.78 is 0. The molecule has 0 aliphatic heterocycles. The highest BCUT2D eigenvalue weighted by atomic mass is 14.1. The predicted molar refractivity (Wildman–Crippen MR) is 50.3 cm³/mol. The Morgan fingerprint density at radius 1 is 0.900 bits per heavy atom. The Balaban J connectivity index is 0. The zero-order valence-electron chi connectivity index (χ0n) is 8.57. The topological polar surface area (TPSA) is 0 Å². The van der Waals surface area contributed by atoms with Gasteiger partial charge in [-0.15, -0.1) is 0 Å². The van der Waals surface area contributed by atoms with E-state index in [4.69, 9.17) is 0 Å². The quantitative estimate of drug-likeness (QED) is 0.547. The van der Waals surface area contributed by atoms with Gasteiger partial charge in [0.1, 0.15) is 0 Å². The van der Waals surface area contributed by atoms with Crippen LogP contribution in [0.5, 0.6) is 0 Å². The molecule has 0 fully saturated rings. The van der Waals surface area contributed by atoms with Crippen LogP contribution in [-0.4, -0.2) is 0 Å². The molecule has 10 heavy (non-hydrogen) atoms. The molecule has 0 amide bonds. The summed E-state index contributed by atoms with van der Waals surface area (Å²) in [7, 11) is 0. The highest BCUT2D eigenvalue weighted by Gasteiger charge is 2.01. The van der Waals surface area contributed by atoms with Crippen LogP contribution in [0.3, 0.4) is 0 Å². The van der Waals surface area contributed by atoms with Crippen molar-refractivity contribution in [3.8, 4) is 0 Å². The summed E-state index contributed by atoms with van der Waals surface area (Å²) in [5.41, 5.74) is 0. The fraction of sp³-hybridized carbons (Fsp3) is 1.00. The van der Waals surface area contributed by atoms with Crippen molar-refractivity contribution in [2.45, 2.75) is 54.4 Å². The van der Waals surface area contributed by atoms with Crippen LogP contribution in [-0.2, 0) is 0 Å². The molecule has 0 saturated heterocycles. The van der Waals surface area contributed by atoms with E-state index in [-0.39, 0.29) is 0 Å². The zero-order chi connectivity index (χ0) is 8.57. The van der Waals surface area contributed by atoms with E-state index in [0.717, 1.165) is 11.8 Å². The lowest BCUT2D eigenvalue weighted by Gasteiger charge is -2.10. The molecule has 0 spiro atoms. The third-order valence-electron chi connectivity index (χ3n) is 1.78. The van der Waals surface area contributed by atoms with Crippen LogP contribution in [0.15, 0.2) is 0 Å². The van der Waals surface area contributed by atoms with Crippen LogP contribution in [0, 0.1) is 11.8 Å². The molecule has 0 aromatic carbocycles. The van der Waals surface area contributed by atoms with Gasteiger partial charge in [-0.2, -0.15) is 0 Å². The summed E-state index contributed by atoms with van der Waals surface area (Å²) in [5.74, 6) is 1.77. The van der Waals surface area contributed by atoms with Gasteiger partial charge in [0.15, 0.2) is 0 Å². The maximum absolute atomic E-state index is 2.30. The molecule has 0 aliphatic carbocycles. The Labute approximate surface area is 67.0 Å². The summed E-state index contributed by atoms with van der Waals surface area (Å²) in [6.45, 7) is 13.3. The second kappa shape index (κ2) is 9.00. The van der Waals surface area contributed by atoms with E-state index >= 15 is 0 Å². The highest BCUT2D eigenvalue weighted by Crippen LogP contribution is 2.11. The molecule has 1 unspecified atom stereocenters. The predicted octanol–water partition coefficient (Wildman–Crippen LogP) is 4.10. The standard InChI is InChI=1S/C7H16.C3H8/c1-5-7(4)6(2)3;1-3-2/h6-7H,5H2,1-4H3;3H2,1-2H3. The Morgan fingerprint density at radius 2 is 1.20 bits per heavy atom. The van der Waals surface area contributed by atoms with Crippen LogP contribution in [0.25, 0.3) is 0 Å². The van der Waals surface area contributed by atoms with Crippen molar-refractivity contribution in [2.75, 3.05) is 0 Å². The average molecular weight is 144 g/mol. The van der Waals surface area contributed by atoms with Crippen molar-refractivity contribution in [1.29, 1.82) is 0 Å². The highest BCUT2D eigenvalue weighted by molar-refractivity contribution is 4.52. The smallest absolute Gasteiger partial charge is 0.0422 e. The maximum atomic E-state index is 2.30. The van der Waals surface area contributed by atoms with Crippen LogP contribution in [0.2, 0.25) is 0 Å². The second-order valence-corrected chi connectivity index (χ2v) is 3.34. The molecular weight excluding hydrogens is 120 g/mol. The van der Waals surface area contributed by atoms with Crippen LogP contribution < -0.4 is 0 Å². The van der Waals surface area contributed by atoms with Gasteiger partial charge < -0.3 is 0 Å². The van der Waals surface area contributed by atoms with Crippen molar-refractivity contribution < 1.29 is 0 Å². The first-order valence-electron chi connectivity index (χ1n) is 4.59. The van der Waals surface area contributed by atoms with E-state index < -0.39 is 0 Å². The molecule has 0 aliphatic rings. The van der Waals surface area contributed by atoms with Gasteiger partial charge in [-0.25, -0.2) is 0 Å². The summed E-state index contributed by atoms with van der Waals surface area (Å²) in [5, 5.41) is 0. The lowest BCUT2D eigenvalue weighted by Crippen LogP contribution is -2.00. The summed E-state index contributed by atoms with van der Waals surface area (Å²) in [6, 6.07) is 0. The molecule has 0 heterocycles. The fourth-order valence-corrected chi connectivity index (χ4v) is 0.471. The monoisotopic (exact) mass is 144 g/mol. The Kier molecular flexibility index (Phi) is 11.4. The van der Waals surface area contributed by atoms with E-state index in [1.165, 1.54) is 12.8 Å². The largest absolute Gasteiger partial charge is 0.0656 e. The molecule has 1 atom stereocenters. The van der Waals surface area contributed by atoms with Gasteiger partial charge in [-0.3, -0.25) is 0 Å². The van der Waals surface area contributed by atoms with Crippen LogP contribution in [0.1, 0.15) is 54.4 Å². The third kappa shape index (κ3) is 10.9. The van der Waals surface area contributed by atoms with Gasteiger partial charge in [0.05, 0.1) is 0 Å². The molecule has 0 aromatic rings. The van der Waals surface area contributed by atoms with E-state index in [1.54, 1.807) is 0 Å². The summed E-state index contributed by atoms with van der Waals surface area (Å²) in [6.07, 6.45) is 2.57. The molecular formula is C10H24. The molecule has 0 nitrogen and oxygen atoms in total. The maximum Gasteiger partial charge on any atom is -0.0422 e. The fourth-order valence-electron chi connectivity index (χ4n) is 0.471. The number of rotatable bonds is 2. The Morgan fingerprint density at radius 3 is 1.20 bits per heavy atom. The molecule has 64 valence electrons. The van der Waals surface area contributed by atoms with E-state index in [9.17, 15) is 0 Å². The third-order valence-corrected chi connectivity index (χ3v) is 1.78.